The maximum absolute atomic E-state index is 13.4. The Kier molecular flexibility index (Phi) is 2.84. The number of nitrogens with zero attached hydrogens (tertiary/aromatic N) is 1. The Morgan fingerprint density at radius 2 is 2.19 bits per heavy atom. The van der Waals surface area contributed by atoms with E-state index in [1.165, 1.54) is 11.6 Å². The van der Waals surface area contributed by atoms with Crippen molar-refractivity contribution < 1.29 is 9.18 Å². The predicted octanol–water partition coefficient (Wildman–Crippen LogP) is 3.33. The molecule has 1 saturated carbocycles. The number of hydrogen-bond acceptors (Lipinski definition) is 1. The van der Waals surface area contributed by atoms with Crippen LogP contribution in [0.3, 0.4) is 0 Å². The smallest absolute Gasteiger partial charge is 0.225 e. The minimum atomic E-state index is -0.217. The highest BCUT2D eigenvalue weighted by Gasteiger charge is 2.33. The maximum Gasteiger partial charge on any atom is 0.225 e. The molecule has 1 N–H and O–H groups in total. The van der Waals surface area contributed by atoms with Crippen molar-refractivity contribution in [3.8, 4) is 0 Å². The van der Waals surface area contributed by atoms with Crippen LogP contribution in [0.15, 0.2) is 30.5 Å². The third-order valence-electron chi connectivity index (χ3n) is 4.44. The van der Waals surface area contributed by atoms with E-state index in [0.717, 1.165) is 42.3 Å². The lowest BCUT2D eigenvalue weighted by atomic mass is 9.98. The molecule has 1 aliphatic heterocycles. The fraction of sp³-hybridized carbons (Fsp3) is 0.353. The number of hydrogen-bond donors (Lipinski definition) is 1. The van der Waals surface area contributed by atoms with Crippen molar-refractivity contribution in [2.75, 3.05) is 13.1 Å². The number of halogens is 1. The summed E-state index contributed by atoms with van der Waals surface area (Å²) in [5, 5.41) is 0.920. The molecule has 1 aliphatic carbocycles. The Morgan fingerprint density at radius 1 is 1.33 bits per heavy atom. The number of H-pyrrole nitrogens is 1. The number of nitrogens with one attached hydrogen (secondary N) is 1. The van der Waals surface area contributed by atoms with Crippen molar-refractivity contribution in [2.45, 2.75) is 19.3 Å². The summed E-state index contributed by atoms with van der Waals surface area (Å²) < 4.78 is 13.4. The molecule has 0 atom stereocenters. The second kappa shape index (κ2) is 4.72. The molecule has 1 aromatic heterocycles. The molecule has 0 saturated heterocycles. The second-order valence-corrected chi connectivity index (χ2v) is 5.93. The number of rotatable bonds is 2. The molecule has 21 heavy (non-hydrogen) atoms. The fourth-order valence-electron chi connectivity index (χ4n) is 3.06. The van der Waals surface area contributed by atoms with E-state index >= 15 is 0 Å². The number of aromatic amines is 1. The summed E-state index contributed by atoms with van der Waals surface area (Å²) in [6, 6.07) is 4.80. The zero-order chi connectivity index (χ0) is 14.4. The topological polar surface area (TPSA) is 36.1 Å². The number of fused-ring (bicyclic) bond motifs is 1. The van der Waals surface area contributed by atoms with Crippen molar-refractivity contribution in [3.05, 3.63) is 41.9 Å². The molecule has 4 rings (SSSR count). The van der Waals surface area contributed by atoms with Gasteiger partial charge < -0.3 is 9.88 Å². The molecule has 0 radical (unpaired) electrons. The largest absolute Gasteiger partial charge is 0.361 e. The number of carbonyl (C=O) groups excluding carboxylic acids is 1. The van der Waals surface area contributed by atoms with E-state index in [0.29, 0.717) is 12.5 Å². The van der Waals surface area contributed by atoms with E-state index in [1.54, 1.807) is 12.1 Å². The van der Waals surface area contributed by atoms with Gasteiger partial charge >= 0.3 is 0 Å². The molecule has 3 nitrogen and oxygen atoms in total. The normalized spacial score (nSPS) is 18.9. The van der Waals surface area contributed by atoms with Crippen LogP contribution in [0.5, 0.6) is 0 Å². The molecule has 0 unspecified atom stereocenters. The molecular weight excluding hydrogens is 267 g/mol. The second-order valence-electron chi connectivity index (χ2n) is 5.93. The summed E-state index contributed by atoms with van der Waals surface area (Å²) >= 11 is 0. The molecule has 4 heteroatoms. The quantitative estimate of drug-likeness (QED) is 0.902. The van der Waals surface area contributed by atoms with Crippen LogP contribution in [0.25, 0.3) is 16.5 Å². The molecule has 2 aromatic rings. The van der Waals surface area contributed by atoms with Gasteiger partial charge in [0.2, 0.25) is 5.91 Å². The monoisotopic (exact) mass is 284 g/mol. The van der Waals surface area contributed by atoms with Crippen LogP contribution in [0.4, 0.5) is 4.39 Å². The molecule has 1 amide bonds. The summed E-state index contributed by atoms with van der Waals surface area (Å²) in [7, 11) is 0. The first-order valence-electron chi connectivity index (χ1n) is 7.47. The van der Waals surface area contributed by atoms with Gasteiger partial charge in [-0.15, -0.1) is 0 Å². The number of amides is 1. The van der Waals surface area contributed by atoms with Crippen LogP contribution in [0.1, 0.15) is 24.8 Å². The Labute approximate surface area is 122 Å². The summed E-state index contributed by atoms with van der Waals surface area (Å²) in [5.41, 5.74) is 3.21. The van der Waals surface area contributed by atoms with Gasteiger partial charge in [0.1, 0.15) is 5.82 Å². The van der Waals surface area contributed by atoms with Gasteiger partial charge in [-0.25, -0.2) is 4.39 Å². The van der Waals surface area contributed by atoms with E-state index in [2.05, 4.69) is 11.1 Å². The van der Waals surface area contributed by atoms with Crippen LogP contribution in [-0.2, 0) is 4.79 Å². The summed E-state index contributed by atoms with van der Waals surface area (Å²) in [4.78, 5) is 17.2. The molecule has 0 bridgehead atoms. The van der Waals surface area contributed by atoms with Gasteiger partial charge in [0.25, 0.3) is 0 Å². The van der Waals surface area contributed by atoms with E-state index in [4.69, 9.17) is 0 Å². The first kappa shape index (κ1) is 12.6. The SMILES string of the molecule is O=C(C1CC1)N1CC=C(c2c[nH]c3ccc(F)cc23)CC1. The summed E-state index contributed by atoms with van der Waals surface area (Å²) in [6.45, 7) is 1.44. The van der Waals surface area contributed by atoms with Crippen LogP contribution in [0.2, 0.25) is 0 Å². The summed E-state index contributed by atoms with van der Waals surface area (Å²) in [6.07, 6.45) is 6.98. The van der Waals surface area contributed by atoms with Crippen molar-refractivity contribution in [1.29, 1.82) is 0 Å². The van der Waals surface area contributed by atoms with E-state index in [1.807, 2.05) is 11.1 Å². The third-order valence-corrected chi connectivity index (χ3v) is 4.44. The predicted molar refractivity (Wildman–Crippen MR) is 80.2 cm³/mol. The lowest BCUT2D eigenvalue weighted by molar-refractivity contribution is -0.132. The number of carbonyl (C=O) groups is 1. The Hall–Kier alpha value is -2.10. The lowest BCUT2D eigenvalue weighted by Gasteiger charge is -2.26. The molecule has 1 aromatic carbocycles. The zero-order valence-corrected chi connectivity index (χ0v) is 11.7. The average molecular weight is 284 g/mol. The van der Waals surface area contributed by atoms with Crippen LogP contribution in [-0.4, -0.2) is 28.9 Å². The Morgan fingerprint density at radius 3 is 2.90 bits per heavy atom. The van der Waals surface area contributed by atoms with E-state index in [9.17, 15) is 9.18 Å². The highest BCUT2D eigenvalue weighted by atomic mass is 19.1. The van der Waals surface area contributed by atoms with E-state index in [-0.39, 0.29) is 11.7 Å². The van der Waals surface area contributed by atoms with Crippen LogP contribution in [0, 0.1) is 11.7 Å². The minimum absolute atomic E-state index is 0.217. The van der Waals surface area contributed by atoms with Gasteiger partial charge in [0.15, 0.2) is 0 Å². The molecular formula is C17H17FN2O. The highest BCUT2D eigenvalue weighted by molar-refractivity contribution is 5.93. The Balaban J connectivity index is 1.61. The highest BCUT2D eigenvalue weighted by Crippen LogP contribution is 2.34. The third kappa shape index (κ3) is 2.24. The van der Waals surface area contributed by atoms with Gasteiger partial charge in [-0.2, -0.15) is 0 Å². The van der Waals surface area contributed by atoms with Gasteiger partial charge in [-0.3, -0.25) is 4.79 Å². The molecule has 2 heterocycles. The summed E-state index contributed by atoms with van der Waals surface area (Å²) in [5.74, 6) is 0.364. The van der Waals surface area contributed by atoms with Gasteiger partial charge in [0.05, 0.1) is 0 Å². The van der Waals surface area contributed by atoms with E-state index < -0.39 is 0 Å². The number of benzene rings is 1. The van der Waals surface area contributed by atoms with Gasteiger partial charge in [-0.05, 0) is 43.0 Å². The molecule has 2 aliphatic rings. The molecule has 1 fully saturated rings. The van der Waals surface area contributed by atoms with Crippen molar-refractivity contribution in [2.24, 2.45) is 5.92 Å². The van der Waals surface area contributed by atoms with Crippen molar-refractivity contribution in [1.82, 2.24) is 9.88 Å². The first-order chi connectivity index (χ1) is 10.2. The maximum atomic E-state index is 13.4. The molecule has 0 spiro atoms. The van der Waals surface area contributed by atoms with Crippen LogP contribution < -0.4 is 0 Å². The zero-order valence-electron chi connectivity index (χ0n) is 11.7. The average Bonchev–Trinajstić information content (AvgIpc) is 3.27. The fourth-order valence-corrected chi connectivity index (χ4v) is 3.06. The van der Waals surface area contributed by atoms with Crippen molar-refractivity contribution in [3.63, 3.8) is 0 Å². The first-order valence-corrected chi connectivity index (χ1v) is 7.47. The lowest BCUT2D eigenvalue weighted by Crippen LogP contribution is -2.35. The molecule has 108 valence electrons. The van der Waals surface area contributed by atoms with Gasteiger partial charge in [-0.1, -0.05) is 6.08 Å². The van der Waals surface area contributed by atoms with Gasteiger partial charge in [0, 0.05) is 41.7 Å². The minimum Gasteiger partial charge on any atom is -0.361 e. The Bertz CT molecular complexity index is 742. The number of aromatic nitrogens is 1. The standard InChI is InChI=1S/C17H17FN2O/c18-13-3-4-16-14(9-13)15(10-19-16)11-5-7-20(8-6-11)17(21)12-1-2-12/h3-5,9-10,12,19H,1-2,6-8H2. The van der Waals surface area contributed by atoms with Crippen molar-refractivity contribution >= 4 is 22.4 Å². The van der Waals surface area contributed by atoms with Crippen LogP contribution >= 0.6 is 0 Å².